The first-order valence-electron chi connectivity index (χ1n) is 8.08. The van der Waals surface area contributed by atoms with Gasteiger partial charge in [0.1, 0.15) is 17.5 Å². The molecule has 0 aliphatic carbocycles. The molecule has 0 radical (unpaired) electrons. The number of hydrogen-bond acceptors (Lipinski definition) is 1. The Hall–Kier alpha value is -2.23. The molecule has 1 heterocycles. The molecule has 4 heteroatoms. The number of unbranched alkanes of at least 4 members (excludes halogenated alkanes) is 2. The van der Waals surface area contributed by atoms with E-state index in [0.29, 0.717) is 0 Å². The minimum atomic E-state index is -0.513. The monoisotopic (exact) mass is 314 g/mol. The molecular formula is C19H20F2N2. The zero-order chi connectivity index (χ0) is 16.2. The van der Waals surface area contributed by atoms with Gasteiger partial charge in [0.2, 0.25) is 0 Å². The number of halogens is 2. The Labute approximate surface area is 134 Å². The van der Waals surface area contributed by atoms with Gasteiger partial charge in [-0.25, -0.2) is 13.8 Å². The molecular weight excluding hydrogens is 294 g/mol. The van der Waals surface area contributed by atoms with Crippen molar-refractivity contribution < 1.29 is 8.78 Å². The van der Waals surface area contributed by atoms with E-state index < -0.39 is 11.6 Å². The summed E-state index contributed by atoms with van der Waals surface area (Å²) in [7, 11) is 0. The molecule has 0 amide bonds. The van der Waals surface area contributed by atoms with Crippen LogP contribution in [0.25, 0.3) is 11.0 Å². The first kappa shape index (κ1) is 15.7. The van der Waals surface area contributed by atoms with Gasteiger partial charge in [-0.15, -0.1) is 0 Å². The quantitative estimate of drug-likeness (QED) is 0.625. The van der Waals surface area contributed by atoms with Crippen molar-refractivity contribution in [2.45, 2.75) is 39.0 Å². The van der Waals surface area contributed by atoms with Crippen molar-refractivity contribution in [3.05, 3.63) is 65.0 Å². The Morgan fingerprint density at radius 1 is 1.00 bits per heavy atom. The summed E-state index contributed by atoms with van der Waals surface area (Å²) in [6, 6.07) is 9.69. The lowest BCUT2D eigenvalue weighted by molar-refractivity contribution is 0.561. The average molecular weight is 314 g/mol. The summed E-state index contributed by atoms with van der Waals surface area (Å²) in [5.74, 6) is -0.0867. The third kappa shape index (κ3) is 3.41. The van der Waals surface area contributed by atoms with Gasteiger partial charge in [0, 0.05) is 18.4 Å². The van der Waals surface area contributed by atoms with Crippen molar-refractivity contribution in [1.29, 1.82) is 0 Å². The van der Waals surface area contributed by atoms with Crippen molar-refractivity contribution in [3.8, 4) is 0 Å². The van der Waals surface area contributed by atoms with Crippen LogP contribution in [0.15, 0.2) is 36.4 Å². The maximum Gasteiger partial charge on any atom is 0.129 e. The lowest BCUT2D eigenvalue weighted by Gasteiger charge is -2.05. The normalized spacial score (nSPS) is 11.3. The Morgan fingerprint density at radius 3 is 2.48 bits per heavy atom. The second-order valence-electron chi connectivity index (χ2n) is 5.83. The maximum absolute atomic E-state index is 13.9. The number of hydrogen-bond donors (Lipinski definition) is 1. The average Bonchev–Trinajstić information content (AvgIpc) is 2.95. The molecule has 0 atom stereocenters. The topological polar surface area (TPSA) is 28.7 Å². The number of imidazole rings is 1. The summed E-state index contributed by atoms with van der Waals surface area (Å²) in [6.45, 7) is 2.17. The number of rotatable bonds is 6. The number of aryl methyl sites for hydroxylation is 1. The molecule has 0 saturated heterocycles. The van der Waals surface area contributed by atoms with Crippen LogP contribution in [-0.4, -0.2) is 9.97 Å². The van der Waals surface area contributed by atoms with Crippen LogP contribution in [-0.2, 0) is 12.8 Å². The largest absolute Gasteiger partial charge is 0.342 e. The van der Waals surface area contributed by atoms with Crippen LogP contribution in [0.2, 0.25) is 0 Å². The SMILES string of the molecule is CCCCCc1nc2c(Cc3c(F)cccc3F)cccc2[nH]1. The molecule has 0 fully saturated rings. The van der Waals surface area contributed by atoms with E-state index in [0.717, 1.165) is 41.7 Å². The number of H-pyrrole nitrogens is 1. The minimum absolute atomic E-state index is 0.0931. The molecule has 3 rings (SSSR count). The molecule has 23 heavy (non-hydrogen) atoms. The van der Waals surface area contributed by atoms with Crippen LogP contribution in [0.5, 0.6) is 0 Å². The molecule has 0 bridgehead atoms. The van der Waals surface area contributed by atoms with Crippen molar-refractivity contribution >= 4 is 11.0 Å². The predicted molar refractivity (Wildman–Crippen MR) is 88.5 cm³/mol. The second-order valence-corrected chi connectivity index (χ2v) is 5.83. The van der Waals surface area contributed by atoms with Gasteiger partial charge in [-0.3, -0.25) is 0 Å². The van der Waals surface area contributed by atoms with Crippen LogP contribution in [0.4, 0.5) is 8.78 Å². The van der Waals surface area contributed by atoms with E-state index >= 15 is 0 Å². The molecule has 120 valence electrons. The maximum atomic E-state index is 13.9. The highest BCUT2D eigenvalue weighted by Crippen LogP contribution is 2.23. The number of aromatic nitrogens is 2. The first-order valence-corrected chi connectivity index (χ1v) is 8.08. The molecule has 0 spiro atoms. The van der Waals surface area contributed by atoms with Gasteiger partial charge >= 0.3 is 0 Å². The van der Waals surface area contributed by atoms with Crippen LogP contribution in [0, 0.1) is 11.6 Å². The van der Waals surface area contributed by atoms with E-state index in [1.165, 1.54) is 24.6 Å². The van der Waals surface area contributed by atoms with Gasteiger partial charge in [0.25, 0.3) is 0 Å². The summed E-state index contributed by atoms with van der Waals surface area (Å²) >= 11 is 0. The van der Waals surface area contributed by atoms with Gasteiger partial charge in [0.05, 0.1) is 11.0 Å². The van der Waals surface area contributed by atoms with E-state index in [-0.39, 0.29) is 12.0 Å². The fraction of sp³-hybridized carbons (Fsp3) is 0.316. The number of para-hydroxylation sites is 1. The summed E-state index contributed by atoms with van der Waals surface area (Å²) in [6.07, 6.45) is 4.53. The van der Waals surface area contributed by atoms with E-state index in [9.17, 15) is 8.78 Å². The van der Waals surface area contributed by atoms with E-state index in [1.807, 2.05) is 18.2 Å². The van der Waals surface area contributed by atoms with Gasteiger partial charge < -0.3 is 4.98 Å². The summed E-state index contributed by atoms with van der Waals surface area (Å²) in [5.41, 5.74) is 2.66. The summed E-state index contributed by atoms with van der Waals surface area (Å²) in [4.78, 5) is 7.95. The second kappa shape index (κ2) is 6.90. The van der Waals surface area contributed by atoms with E-state index in [4.69, 9.17) is 0 Å². The van der Waals surface area contributed by atoms with Gasteiger partial charge in [0.15, 0.2) is 0 Å². The van der Waals surface area contributed by atoms with Crippen molar-refractivity contribution in [2.24, 2.45) is 0 Å². The third-order valence-corrected chi connectivity index (χ3v) is 4.09. The summed E-state index contributed by atoms with van der Waals surface area (Å²) in [5, 5.41) is 0. The van der Waals surface area contributed by atoms with Gasteiger partial charge in [-0.1, -0.05) is 38.0 Å². The molecule has 0 aliphatic rings. The number of fused-ring (bicyclic) bond motifs is 1. The van der Waals surface area contributed by atoms with Gasteiger partial charge in [-0.05, 0) is 30.2 Å². The predicted octanol–water partition coefficient (Wildman–Crippen LogP) is 5.16. The molecule has 1 N–H and O–H groups in total. The van der Waals surface area contributed by atoms with Crippen LogP contribution in [0.3, 0.4) is 0 Å². The zero-order valence-electron chi connectivity index (χ0n) is 13.2. The van der Waals surface area contributed by atoms with E-state index in [2.05, 4.69) is 16.9 Å². The Morgan fingerprint density at radius 2 is 1.74 bits per heavy atom. The number of nitrogens with zero attached hydrogens (tertiary/aromatic N) is 1. The lowest BCUT2D eigenvalue weighted by Crippen LogP contribution is -1.97. The fourth-order valence-corrected chi connectivity index (χ4v) is 2.84. The van der Waals surface area contributed by atoms with Crippen molar-refractivity contribution in [1.82, 2.24) is 9.97 Å². The lowest BCUT2D eigenvalue weighted by atomic mass is 10.0. The van der Waals surface area contributed by atoms with Crippen LogP contribution < -0.4 is 0 Å². The standard InChI is InChI=1S/C19H20F2N2/c1-2-3-4-11-18-22-17-10-5-7-13(19(17)23-18)12-14-15(20)8-6-9-16(14)21/h5-10H,2-4,11-12H2,1H3,(H,22,23). The summed E-state index contributed by atoms with van der Waals surface area (Å²) < 4.78 is 27.8. The molecule has 0 aliphatic heterocycles. The van der Waals surface area contributed by atoms with E-state index in [1.54, 1.807) is 0 Å². The molecule has 0 saturated carbocycles. The molecule has 0 unspecified atom stereocenters. The number of nitrogens with one attached hydrogen (secondary N) is 1. The van der Waals surface area contributed by atoms with Crippen molar-refractivity contribution in [2.75, 3.05) is 0 Å². The number of aromatic amines is 1. The Kier molecular flexibility index (Phi) is 4.70. The zero-order valence-corrected chi connectivity index (χ0v) is 13.2. The molecule has 3 aromatic rings. The third-order valence-electron chi connectivity index (χ3n) is 4.09. The fourth-order valence-electron chi connectivity index (χ4n) is 2.84. The molecule has 2 aromatic carbocycles. The van der Waals surface area contributed by atoms with Crippen molar-refractivity contribution in [3.63, 3.8) is 0 Å². The number of benzene rings is 2. The highest BCUT2D eigenvalue weighted by atomic mass is 19.1. The molecule has 2 nitrogen and oxygen atoms in total. The Balaban J connectivity index is 1.91. The Bertz CT molecular complexity index is 788. The van der Waals surface area contributed by atoms with Crippen LogP contribution >= 0.6 is 0 Å². The first-order chi connectivity index (χ1) is 11.2. The van der Waals surface area contributed by atoms with Crippen LogP contribution in [0.1, 0.15) is 43.1 Å². The smallest absolute Gasteiger partial charge is 0.129 e. The molecule has 1 aromatic heterocycles. The van der Waals surface area contributed by atoms with Gasteiger partial charge in [-0.2, -0.15) is 0 Å². The highest BCUT2D eigenvalue weighted by Gasteiger charge is 2.13. The highest BCUT2D eigenvalue weighted by molar-refractivity contribution is 5.79. The minimum Gasteiger partial charge on any atom is -0.342 e.